The van der Waals surface area contributed by atoms with Gasteiger partial charge in [-0.1, -0.05) is 155 Å². The maximum absolute atomic E-state index is 12.4. The van der Waals surface area contributed by atoms with Crippen molar-refractivity contribution in [1.82, 2.24) is 0 Å². The largest absolute Gasteiger partial charge is 0.498 e. The van der Waals surface area contributed by atoms with Crippen LogP contribution in [0.4, 0.5) is 0 Å². The van der Waals surface area contributed by atoms with Crippen LogP contribution in [0.5, 0.6) is 0 Å². The summed E-state index contributed by atoms with van der Waals surface area (Å²) < 4.78 is 35.1. The average Bonchev–Trinajstić information content (AvgIpc) is 3.04. The Kier molecular flexibility index (Phi) is 34.0. The van der Waals surface area contributed by atoms with Crippen molar-refractivity contribution in [3.05, 3.63) is 24.7 Å². The molecule has 2 atom stereocenters. The standard InChI is InChI=1S/C40H80NO6P/c1-6-8-10-12-14-16-18-20-22-24-26-28-30-32-35-44-38-40(39-47-48(42,43)46-37-34-41(3,4)5)45-36-33-31-29-27-25-23-21-19-17-15-13-11-9-7-2/h32-33,35-36,40H,6-31,34,37-39H2,1-5H3/p+1/b35-32?,36-33-/t40-/m1/s1. The summed E-state index contributed by atoms with van der Waals surface area (Å²) in [7, 11) is 1.84. The Hall–Kier alpha value is -0.850. The minimum Gasteiger partial charge on any atom is -0.498 e. The Balaban J connectivity index is 4.24. The van der Waals surface area contributed by atoms with Gasteiger partial charge in [0.1, 0.15) is 19.8 Å². The molecule has 0 aliphatic heterocycles. The molecule has 48 heavy (non-hydrogen) atoms. The highest BCUT2D eigenvalue weighted by Crippen LogP contribution is 2.43. The monoisotopic (exact) mass is 703 g/mol. The van der Waals surface area contributed by atoms with Crippen LogP contribution in [0.2, 0.25) is 0 Å². The van der Waals surface area contributed by atoms with Gasteiger partial charge in [0.15, 0.2) is 6.10 Å². The van der Waals surface area contributed by atoms with Crippen LogP contribution in [0.15, 0.2) is 24.7 Å². The first-order chi connectivity index (χ1) is 23.2. The number of unbranched alkanes of at least 4 members (excludes halogenated alkanes) is 24. The molecule has 0 heterocycles. The van der Waals surface area contributed by atoms with E-state index in [-0.39, 0.29) is 19.8 Å². The zero-order chi connectivity index (χ0) is 35.4. The quantitative estimate of drug-likeness (QED) is 0.0299. The molecule has 0 saturated carbocycles. The molecule has 1 unspecified atom stereocenters. The molecule has 0 fully saturated rings. The van der Waals surface area contributed by atoms with Gasteiger partial charge in [-0.3, -0.25) is 9.05 Å². The highest BCUT2D eigenvalue weighted by molar-refractivity contribution is 7.47. The first-order valence-corrected chi connectivity index (χ1v) is 21.7. The van der Waals surface area contributed by atoms with E-state index in [1.807, 2.05) is 27.2 Å². The van der Waals surface area contributed by atoms with Gasteiger partial charge in [0.25, 0.3) is 0 Å². The lowest BCUT2D eigenvalue weighted by atomic mass is 10.0. The van der Waals surface area contributed by atoms with Crippen LogP contribution in [0, 0.1) is 0 Å². The Morgan fingerprint density at radius 1 is 0.562 bits per heavy atom. The van der Waals surface area contributed by atoms with E-state index in [1.165, 1.54) is 148 Å². The molecule has 1 N–H and O–H groups in total. The maximum Gasteiger partial charge on any atom is 0.472 e. The number of ether oxygens (including phenoxy) is 2. The SMILES string of the molecule is CCCCCCCCCCCCCCC=COC[C@H](COP(=O)(O)OCC[N+](C)(C)C)O/C=C\CCCCCCCCCCCCCC. The molecule has 0 aromatic rings. The summed E-state index contributed by atoms with van der Waals surface area (Å²) >= 11 is 0. The second-order valence-electron chi connectivity index (χ2n) is 14.8. The van der Waals surface area contributed by atoms with Crippen LogP contribution < -0.4 is 0 Å². The van der Waals surface area contributed by atoms with Crippen molar-refractivity contribution in [2.24, 2.45) is 0 Å². The van der Waals surface area contributed by atoms with Crippen LogP contribution in [-0.4, -0.2) is 63.0 Å². The molecule has 0 aliphatic rings. The summed E-state index contributed by atoms with van der Waals surface area (Å²) in [6.07, 6.45) is 41.1. The molecule has 286 valence electrons. The lowest BCUT2D eigenvalue weighted by molar-refractivity contribution is -0.870. The van der Waals surface area contributed by atoms with Gasteiger partial charge in [-0.05, 0) is 37.8 Å². The summed E-state index contributed by atoms with van der Waals surface area (Å²) in [5.74, 6) is 0. The van der Waals surface area contributed by atoms with Gasteiger partial charge in [-0.2, -0.15) is 0 Å². The molecule has 0 amide bonds. The third-order valence-corrected chi connectivity index (χ3v) is 9.71. The van der Waals surface area contributed by atoms with Gasteiger partial charge < -0.3 is 18.9 Å². The fraction of sp³-hybridized carbons (Fsp3) is 0.900. The van der Waals surface area contributed by atoms with Gasteiger partial charge in [0.05, 0.1) is 40.3 Å². The van der Waals surface area contributed by atoms with Crippen molar-refractivity contribution >= 4 is 7.82 Å². The summed E-state index contributed by atoms with van der Waals surface area (Å²) in [4.78, 5) is 10.2. The smallest absolute Gasteiger partial charge is 0.472 e. The van der Waals surface area contributed by atoms with Crippen molar-refractivity contribution in [2.45, 2.75) is 187 Å². The first kappa shape index (κ1) is 47.1. The van der Waals surface area contributed by atoms with E-state index in [0.29, 0.717) is 11.0 Å². The fourth-order valence-corrected chi connectivity index (χ4v) is 6.25. The second-order valence-corrected chi connectivity index (χ2v) is 16.3. The summed E-state index contributed by atoms with van der Waals surface area (Å²) in [5.41, 5.74) is 0. The van der Waals surface area contributed by atoms with Crippen LogP contribution in [0.1, 0.15) is 181 Å². The third kappa shape index (κ3) is 38.0. The fourth-order valence-electron chi connectivity index (χ4n) is 5.51. The molecule has 0 saturated heterocycles. The van der Waals surface area contributed by atoms with Crippen molar-refractivity contribution in [2.75, 3.05) is 47.5 Å². The van der Waals surface area contributed by atoms with Gasteiger partial charge in [0, 0.05) is 0 Å². The summed E-state index contributed by atoms with van der Waals surface area (Å²) in [6.45, 7) is 5.43. The number of rotatable bonds is 38. The zero-order valence-electron chi connectivity index (χ0n) is 32.5. The predicted molar refractivity (Wildman–Crippen MR) is 205 cm³/mol. The Bertz CT molecular complexity index is 769. The minimum atomic E-state index is -4.17. The number of allylic oxidation sites excluding steroid dienone is 2. The lowest BCUT2D eigenvalue weighted by Gasteiger charge is -2.24. The lowest BCUT2D eigenvalue weighted by Crippen LogP contribution is -2.37. The number of nitrogens with zero attached hydrogens (tertiary/aromatic N) is 1. The van der Waals surface area contributed by atoms with Crippen molar-refractivity contribution < 1.29 is 32.5 Å². The molecule has 0 spiro atoms. The van der Waals surface area contributed by atoms with Gasteiger partial charge in [0.2, 0.25) is 0 Å². The summed E-state index contributed by atoms with van der Waals surface area (Å²) in [6, 6.07) is 0. The molecule has 0 aromatic heterocycles. The molecule has 0 radical (unpaired) electrons. The Labute approximate surface area is 298 Å². The van der Waals surface area contributed by atoms with Crippen LogP contribution >= 0.6 is 7.82 Å². The Morgan fingerprint density at radius 3 is 1.38 bits per heavy atom. The number of hydrogen-bond donors (Lipinski definition) is 1. The minimum absolute atomic E-state index is 0.0896. The number of likely N-dealkylation sites (N-methyl/N-ethyl adjacent to an activating group) is 1. The van der Waals surface area contributed by atoms with Crippen molar-refractivity contribution in [1.29, 1.82) is 0 Å². The highest BCUT2D eigenvalue weighted by Gasteiger charge is 2.25. The van der Waals surface area contributed by atoms with E-state index in [4.69, 9.17) is 18.5 Å². The molecule has 0 rings (SSSR count). The number of phosphoric acid groups is 1. The number of hydrogen-bond acceptors (Lipinski definition) is 5. The molecule has 7 nitrogen and oxygen atoms in total. The van der Waals surface area contributed by atoms with E-state index in [9.17, 15) is 9.46 Å². The molecular weight excluding hydrogens is 621 g/mol. The maximum atomic E-state index is 12.4. The van der Waals surface area contributed by atoms with Gasteiger partial charge in [-0.25, -0.2) is 4.57 Å². The Morgan fingerprint density at radius 2 is 0.958 bits per heavy atom. The third-order valence-electron chi connectivity index (χ3n) is 8.73. The van der Waals surface area contributed by atoms with Crippen LogP contribution in [0.3, 0.4) is 0 Å². The van der Waals surface area contributed by atoms with Crippen molar-refractivity contribution in [3.8, 4) is 0 Å². The number of phosphoric ester groups is 1. The normalized spacial score (nSPS) is 14.2. The number of quaternary nitrogens is 1. The molecular formula is C40H81NO6P+. The van der Waals surface area contributed by atoms with Crippen LogP contribution in [-0.2, 0) is 23.1 Å². The zero-order valence-corrected chi connectivity index (χ0v) is 33.4. The van der Waals surface area contributed by atoms with E-state index in [1.54, 1.807) is 12.5 Å². The average molecular weight is 703 g/mol. The second kappa shape index (κ2) is 34.6. The van der Waals surface area contributed by atoms with E-state index < -0.39 is 13.9 Å². The van der Waals surface area contributed by atoms with E-state index in [0.717, 1.165) is 19.3 Å². The van der Waals surface area contributed by atoms with E-state index >= 15 is 0 Å². The van der Waals surface area contributed by atoms with Crippen LogP contribution in [0.25, 0.3) is 0 Å². The highest BCUT2D eigenvalue weighted by atomic mass is 31.2. The first-order valence-electron chi connectivity index (χ1n) is 20.2. The molecule has 8 heteroatoms. The molecule has 0 aromatic carbocycles. The summed E-state index contributed by atoms with van der Waals surface area (Å²) in [5, 5.41) is 0. The molecule has 0 aliphatic carbocycles. The topological polar surface area (TPSA) is 74.2 Å². The van der Waals surface area contributed by atoms with E-state index in [2.05, 4.69) is 19.9 Å². The predicted octanol–water partition coefficient (Wildman–Crippen LogP) is 12.4. The van der Waals surface area contributed by atoms with Crippen molar-refractivity contribution in [3.63, 3.8) is 0 Å². The van der Waals surface area contributed by atoms with Gasteiger partial charge in [-0.15, -0.1) is 0 Å². The van der Waals surface area contributed by atoms with Gasteiger partial charge >= 0.3 is 7.82 Å². The molecule has 0 bridgehead atoms.